The minimum atomic E-state index is -0.299. The third kappa shape index (κ3) is 2.80. The zero-order chi connectivity index (χ0) is 13.8. The van der Waals surface area contributed by atoms with Gasteiger partial charge in [-0.15, -0.1) is 11.3 Å². The number of aromatic nitrogens is 2. The van der Waals surface area contributed by atoms with Crippen molar-refractivity contribution in [3.05, 3.63) is 27.6 Å². The molecule has 0 saturated carbocycles. The van der Waals surface area contributed by atoms with Crippen LogP contribution in [-0.2, 0) is 11.3 Å². The Morgan fingerprint density at radius 3 is 3.16 bits per heavy atom. The Balaban J connectivity index is 2.18. The summed E-state index contributed by atoms with van der Waals surface area (Å²) in [5, 5.41) is 12.8. The number of aryl methyl sites for hydroxylation is 1. The highest BCUT2D eigenvalue weighted by molar-refractivity contribution is 7.17. The summed E-state index contributed by atoms with van der Waals surface area (Å²) in [6.45, 7) is 2.10. The first-order valence-electron chi connectivity index (χ1n) is 5.70. The number of nitrogens with zero attached hydrogens (tertiary/aromatic N) is 3. The summed E-state index contributed by atoms with van der Waals surface area (Å²) < 4.78 is 1.84. The van der Waals surface area contributed by atoms with Gasteiger partial charge in [-0.3, -0.25) is 14.2 Å². The molecule has 0 bridgehead atoms. The van der Waals surface area contributed by atoms with Crippen LogP contribution >= 0.6 is 11.3 Å². The Hall–Kier alpha value is -2.20. The highest BCUT2D eigenvalue weighted by atomic mass is 32.1. The molecule has 1 N–H and O–H groups in total. The van der Waals surface area contributed by atoms with Crippen LogP contribution in [-0.4, -0.2) is 22.0 Å². The van der Waals surface area contributed by atoms with Crippen LogP contribution in [0, 0.1) is 18.3 Å². The second-order valence-corrected chi connectivity index (χ2v) is 4.91. The van der Waals surface area contributed by atoms with Gasteiger partial charge in [-0.1, -0.05) is 0 Å². The third-order valence-electron chi connectivity index (χ3n) is 2.60. The lowest BCUT2D eigenvalue weighted by atomic mass is 10.3. The lowest BCUT2D eigenvalue weighted by Crippen LogP contribution is -2.32. The molecular weight excluding hydrogens is 264 g/mol. The van der Waals surface area contributed by atoms with Crippen molar-refractivity contribution in [2.45, 2.75) is 19.9 Å². The van der Waals surface area contributed by atoms with Gasteiger partial charge in [-0.05, 0) is 17.9 Å². The molecule has 2 rings (SSSR count). The zero-order valence-corrected chi connectivity index (χ0v) is 11.2. The van der Waals surface area contributed by atoms with Crippen LogP contribution in [0.2, 0.25) is 0 Å². The number of hydrogen-bond acceptors (Lipinski definition) is 5. The molecule has 0 radical (unpaired) electrons. The minimum absolute atomic E-state index is 0.0792. The molecule has 6 nitrogen and oxygen atoms in total. The molecule has 1 amide bonds. The summed E-state index contributed by atoms with van der Waals surface area (Å²) in [5.74, 6) is -0.299. The summed E-state index contributed by atoms with van der Waals surface area (Å²) in [4.78, 5) is 27.9. The lowest BCUT2D eigenvalue weighted by molar-refractivity contribution is -0.121. The quantitative estimate of drug-likeness (QED) is 0.836. The smallest absolute Gasteiger partial charge is 0.271 e. The van der Waals surface area contributed by atoms with E-state index >= 15 is 0 Å². The highest BCUT2D eigenvalue weighted by Crippen LogP contribution is 2.19. The van der Waals surface area contributed by atoms with Crippen LogP contribution in [0.25, 0.3) is 10.2 Å². The van der Waals surface area contributed by atoms with Gasteiger partial charge in [0.1, 0.15) is 11.2 Å². The van der Waals surface area contributed by atoms with E-state index < -0.39 is 0 Å². The van der Waals surface area contributed by atoms with E-state index in [1.54, 1.807) is 0 Å². The molecule has 0 aliphatic carbocycles. The highest BCUT2D eigenvalue weighted by Gasteiger charge is 2.10. The van der Waals surface area contributed by atoms with Gasteiger partial charge in [0, 0.05) is 6.54 Å². The van der Waals surface area contributed by atoms with E-state index in [9.17, 15) is 9.59 Å². The van der Waals surface area contributed by atoms with Gasteiger partial charge in [-0.2, -0.15) is 5.26 Å². The van der Waals surface area contributed by atoms with E-state index in [0.29, 0.717) is 10.2 Å². The standard InChI is InChI=1S/C12H12N4O2S/c1-8-6-19-11-10(8)15-7-16(12(11)18)5-9(17)14-4-2-3-13/h6-7H,2,4-5H2,1H3,(H,14,17). The molecule has 0 aliphatic rings. The van der Waals surface area contributed by atoms with Gasteiger partial charge in [0.25, 0.3) is 5.56 Å². The molecule has 0 unspecified atom stereocenters. The van der Waals surface area contributed by atoms with Gasteiger partial charge in [-0.25, -0.2) is 4.98 Å². The molecular formula is C12H12N4O2S. The Bertz CT molecular complexity index is 711. The summed E-state index contributed by atoms with van der Waals surface area (Å²) in [6, 6.07) is 1.93. The van der Waals surface area contributed by atoms with Crippen LogP contribution in [0.3, 0.4) is 0 Å². The predicted molar refractivity (Wildman–Crippen MR) is 71.9 cm³/mol. The van der Waals surface area contributed by atoms with E-state index in [2.05, 4.69) is 10.3 Å². The zero-order valence-electron chi connectivity index (χ0n) is 10.3. The molecule has 2 aromatic heterocycles. The van der Waals surface area contributed by atoms with Gasteiger partial charge < -0.3 is 5.32 Å². The van der Waals surface area contributed by atoms with E-state index in [-0.39, 0.29) is 31.0 Å². The summed E-state index contributed by atoms with van der Waals surface area (Å²) in [7, 11) is 0. The summed E-state index contributed by atoms with van der Waals surface area (Å²) >= 11 is 1.33. The fourth-order valence-electron chi connectivity index (χ4n) is 1.64. The van der Waals surface area contributed by atoms with Crippen LogP contribution in [0.4, 0.5) is 0 Å². The van der Waals surface area contributed by atoms with Crippen LogP contribution < -0.4 is 10.9 Å². The lowest BCUT2D eigenvalue weighted by Gasteiger charge is -2.05. The van der Waals surface area contributed by atoms with Crippen molar-refractivity contribution < 1.29 is 4.79 Å². The fourth-order valence-corrected chi connectivity index (χ4v) is 2.59. The molecule has 0 fully saturated rings. The summed E-state index contributed by atoms with van der Waals surface area (Å²) in [5.41, 5.74) is 1.44. The maximum absolute atomic E-state index is 12.1. The van der Waals surface area contributed by atoms with Crippen LogP contribution in [0.15, 0.2) is 16.5 Å². The number of nitriles is 1. The normalized spacial score (nSPS) is 10.3. The van der Waals surface area contributed by atoms with Crippen molar-refractivity contribution in [2.24, 2.45) is 0 Å². The van der Waals surface area contributed by atoms with Crippen LogP contribution in [0.5, 0.6) is 0 Å². The van der Waals surface area contributed by atoms with Crippen molar-refractivity contribution in [1.29, 1.82) is 5.26 Å². The Kier molecular flexibility index (Phi) is 3.92. The Morgan fingerprint density at radius 2 is 2.42 bits per heavy atom. The first kappa shape index (κ1) is 13.2. The maximum atomic E-state index is 12.1. The second-order valence-electron chi connectivity index (χ2n) is 4.03. The fraction of sp³-hybridized carbons (Fsp3) is 0.333. The Labute approximate surface area is 113 Å². The monoisotopic (exact) mass is 276 g/mol. The minimum Gasteiger partial charge on any atom is -0.354 e. The summed E-state index contributed by atoms with van der Waals surface area (Å²) in [6.07, 6.45) is 1.64. The molecule has 0 aromatic carbocycles. The average Bonchev–Trinajstić information content (AvgIpc) is 2.76. The molecule has 2 heterocycles. The molecule has 0 spiro atoms. The first-order chi connectivity index (χ1) is 9.13. The number of thiophene rings is 1. The van der Waals surface area contributed by atoms with Crippen molar-refractivity contribution >= 4 is 27.5 Å². The van der Waals surface area contributed by atoms with Gasteiger partial charge in [0.2, 0.25) is 5.91 Å². The topological polar surface area (TPSA) is 87.8 Å². The van der Waals surface area contributed by atoms with Crippen molar-refractivity contribution in [1.82, 2.24) is 14.9 Å². The number of carbonyl (C=O) groups is 1. The molecule has 0 atom stereocenters. The molecule has 0 saturated heterocycles. The number of rotatable bonds is 4. The molecule has 2 aromatic rings. The number of amides is 1. The van der Waals surface area contributed by atoms with E-state index in [1.807, 2.05) is 18.4 Å². The van der Waals surface area contributed by atoms with Gasteiger partial charge >= 0.3 is 0 Å². The third-order valence-corrected chi connectivity index (χ3v) is 3.67. The average molecular weight is 276 g/mol. The number of carbonyl (C=O) groups excluding carboxylic acids is 1. The maximum Gasteiger partial charge on any atom is 0.271 e. The molecule has 98 valence electrons. The van der Waals surface area contributed by atoms with E-state index in [4.69, 9.17) is 5.26 Å². The first-order valence-corrected chi connectivity index (χ1v) is 6.58. The number of nitrogens with one attached hydrogen (secondary N) is 1. The second kappa shape index (κ2) is 5.63. The predicted octanol–water partition coefficient (Wildman–Crippen LogP) is 0.796. The SMILES string of the molecule is Cc1csc2c(=O)n(CC(=O)NCCC#N)cnc12. The van der Waals surface area contributed by atoms with E-state index in [1.165, 1.54) is 22.2 Å². The molecule has 7 heteroatoms. The van der Waals surface area contributed by atoms with Crippen molar-refractivity contribution in [3.63, 3.8) is 0 Å². The van der Waals surface area contributed by atoms with E-state index in [0.717, 1.165) is 5.56 Å². The van der Waals surface area contributed by atoms with Crippen LogP contribution in [0.1, 0.15) is 12.0 Å². The Morgan fingerprint density at radius 1 is 1.63 bits per heavy atom. The molecule has 19 heavy (non-hydrogen) atoms. The number of fused-ring (bicyclic) bond motifs is 1. The van der Waals surface area contributed by atoms with Gasteiger partial charge in [0.05, 0.1) is 24.3 Å². The number of hydrogen-bond donors (Lipinski definition) is 1. The molecule has 0 aliphatic heterocycles. The van der Waals surface area contributed by atoms with Crippen molar-refractivity contribution in [3.8, 4) is 6.07 Å². The van der Waals surface area contributed by atoms with Gasteiger partial charge in [0.15, 0.2) is 0 Å². The largest absolute Gasteiger partial charge is 0.354 e. The van der Waals surface area contributed by atoms with Crippen molar-refractivity contribution in [2.75, 3.05) is 6.54 Å².